The van der Waals surface area contributed by atoms with Crippen molar-refractivity contribution in [3.63, 3.8) is 0 Å². The van der Waals surface area contributed by atoms with Gasteiger partial charge in [0.2, 0.25) is 5.76 Å². The third kappa shape index (κ3) is 1.37. The lowest BCUT2D eigenvalue weighted by Crippen LogP contribution is -1.92. The maximum atomic E-state index is 5.83. The van der Waals surface area contributed by atoms with Gasteiger partial charge in [-0.2, -0.15) is 0 Å². The predicted octanol–water partition coefficient (Wildman–Crippen LogP) is 2.42. The van der Waals surface area contributed by atoms with Crippen LogP contribution < -0.4 is 10.5 Å². The average Bonchev–Trinajstić information content (AvgIpc) is 2.93. The summed E-state index contributed by atoms with van der Waals surface area (Å²) in [6.45, 7) is 0. The molecule has 0 aliphatic carbocycles. The van der Waals surface area contributed by atoms with Gasteiger partial charge in [-0.1, -0.05) is 11.2 Å². The zero-order chi connectivity index (χ0) is 12.7. The number of anilines is 1. The zero-order valence-electron chi connectivity index (χ0n) is 10.2. The molecular weight excluding hydrogens is 230 g/mol. The zero-order valence-corrected chi connectivity index (χ0v) is 10.2. The van der Waals surface area contributed by atoms with E-state index in [9.17, 15) is 0 Å². The number of nitrogens with two attached hydrogens (primary N) is 1. The van der Waals surface area contributed by atoms with Gasteiger partial charge in [-0.3, -0.25) is 0 Å². The van der Waals surface area contributed by atoms with E-state index in [1.54, 1.807) is 7.11 Å². The second-order valence-corrected chi connectivity index (χ2v) is 4.09. The number of rotatable bonds is 2. The number of nitrogen functional groups attached to an aromatic ring is 1. The molecule has 92 valence electrons. The summed E-state index contributed by atoms with van der Waals surface area (Å²) in [6.07, 6.45) is 1.50. The van der Waals surface area contributed by atoms with Crippen molar-refractivity contribution in [2.75, 3.05) is 12.8 Å². The minimum absolute atomic E-state index is 0.528. The van der Waals surface area contributed by atoms with E-state index in [1.165, 1.54) is 6.20 Å². The largest absolute Gasteiger partial charge is 0.496 e. The highest BCUT2D eigenvalue weighted by atomic mass is 16.5. The van der Waals surface area contributed by atoms with Gasteiger partial charge in [0.15, 0.2) is 0 Å². The van der Waals surface area contributed by atoms with Gasteiger partial charge in [-0.25, -0.2) is 0 Å². The van der Waals surface area contributed by atoms with Gasteiger partial charge in [0.1, 0.15) is 11.4 Å². The molecule has 0 amide bonds. The highest BCUT2D eigenvalue weighted by Gasteiger charge is 2.16. The van der Waals surface area contributed by atoms with E-state index in [4.69, 9.17) is 15.0 Å². The van der Waals surface area contributed by atoms with E-state index in [2.05, 4.69) is 5.16 Å². The van der Waals surface area contributed by atoms with Crippen molar-refractivity contribution in [3.8, 4) is 17.2 Å². The quantitative estimate of drug-likeness (QED) is 0.750. The van der Waals surface area contributed by atoms with Crippen LogP contribution in [0.4, 0.5) is 5.69 Å². The van der Waals surface area contributed by atoms with Gasteiger partial charge < -0.3 is 19.6 Å². The summed E-state index contributed by atoms with van der Waals surface area (Å²) in [4.78, 5) is 0. The van der Waals surface area contributed by atoms with Crippen molar-refractivity contribution >= 4 is 16.6 Å². The highest BCUT2D eigenvalue weighted by molar-refractivity contribution is 5.92. The van der Waals surface area contributed by atoms with E-state index < -0.39 is 0 Å². The minimum Gasteiger partial charge on any atom is -0.496 e. The van der Waals surface area contributed by atoms with Gasteiger partial charge in [-0.15, -0.1) is 0 Å². The fourth-order valence-corrected chi connectivity index (χ4v) is 2.17. The Morgan fingerprint density at radius 1 is 1.39 bits per heavy atom. The molecule has 5 nitrogen and oxygen atoms in total. The number of nitrogens with zero attached hydrogens (tertiary/aromatic N) is 2. The maximum absolute atomic E-state index is 5.83. The fraction of sp³-hybridized carbons (Fsp3) is 0.154. The third-order valence-corrected chi connectivity index (χ3v) is 3.10. The first kappa shape index (κ1) is 10.7. The predicted molar refractivity (Wildman–Crippen MR) is 69.4 cm³/mol. The van der Waals surface area contributed by atoms with Crippen molar-refractivity contribution in [1.82, 2.24) is 9.72 Å². The van der Waals surface area contributed by atoms with Crippen LogP contribution in [0.3, 0.4) is 0 Å². The molecule has 2 aromatic heterocycles. The molecule has 1 aromatic carbocycles. The van der Waals surface area contributed by atoms with Crippen molar-refractivity contribution in [2.24, 2.45) is 7.05 Å². The first-order valence-corrected chi connectivity index (χ1v) is 5.55. The second kappa shape index (κ2) is 3.80. The topological polar surface area (TPSA) is 66.2 Å². The Kier molecular flexibility index (Phi) is 2.26. The Morgan fingerprint density at radius 2 is 2.22 bits per heavy atom. The Morgan fingerprint density at radius 3 is 2.89 bits per heavy atom. The van der Waals surface area contributed by atoms with Crippen LogP contribution in [-0.4, -0.2) is 16.8 Å². The summed E-state index contributed by atoms with van der Waals surface area (Å²) in [5.74, 6) is 1.41. The first-order chi connectivity index (χ1) is 8.72. The molecule has 0 saturated carbocycles. The summed E-state index contributed by atoms with van der Waals surface area (Å²) >= 11 is 0. The first-order valence-electron chi connectivity index (χ1n) is 5.55. The van der Waals surface area contributed by atoms with Crippen LogP contribution in [-0.2, 0) is 7.05 Å². The molecule has 5 heteroatoms. The van der Waals surface area contributed by atoms with Crippen LogP contribution in [0.2, 0.25) is 0 Å². The van der Waals surface area contributed by atoms with Crippen molar-refractivity contribution < 1.29 is 9.26 Å². The second-order valence-electron chi connectivity index (χ2n) is 4.09. The fourth-order valence-electron chi connectivity index (χ4n) is 2.17. The molecule has 2 heterocycles. The van der Waals surface area contributed by atoms with E-state index in [0.717, 1.165) is 22.3 Å². The number of hydrogen-bond donors (Lipinski definition) is 1. The average molecular weight is 243 g/mol. The lowest BCUT2D eigenvalue weighted by Gasteiger charge is -2.02. The van der Waals surface area contributed by atoms with Gasteiger partial charge >= 0.3 is 0 Å². The molecule has 3 rings (SSSR count). The van der Waals surface area contributed by atoms with Gasteiger partial charge in [0, 0.05) is 12.4 Å². The summed E-state index contributed by atoms with van der Waals surface area (Å²) in [6, 6.07) is 7.89. The molecular formula is C13H13N3O2. The molecule has 0 unspecified atom stereocenters. The van der Waals surface area contributed by atoms with E-state index in [-0.39, 0.29) is 0 Å². The number of methoxy groups -OCH3 is 1. The summed E-state index contributed by atoms with van der Waals surface area (Å²) in [5.41, 5.74) is 8.30. The molecule has 3 aromatic rings. The number of aryl methyl sites for hydroxylation is 1. The monoisotopic (exact) mass is 243 g/mol. The molecule has 0 fully saturated rings. The smallest absolute Gasteiger partial charge is 0.206 e. The van der Waals surface area contributed by atoms with Crippen molar-refractivity contribution in [2.45, 2.75) is 0 Å². The molecule has 0 saturated heterocycles. The molecule has 2 N–H and O–H groups in total. The number of hydrogen-bond acceptors (Lipinski definition) is 4. The normalized spacial score (nSPS) is 11.0. The molecule has 18 heavy (non-hydrogen) atoms. The molecule has 0 atom stereocenters. The van der Waals surface area contributed by atoms with E-state index >= 15 is 0 Å². The van der Waals surface area contributed by atoms with E-state index in [0.29, 0.717) is 11.4 Å². The Labute approximate surface area is 104 Å². The number of aromatic nitrogens is 2. The summed E-state index contributed by atoms with van der Waals surface area (Å²) < 4.78 is 12.6. The van der Waals surface area contributed by atoms with Crippen molar-refractivity contribution in [1.29, 1.82) is 0 Å². The lowest BCUT2D eigenvalue weighted by molar-refractivity contribution is 0.420. The van der Waals surface area contributed by atoms with Crippen LogP contribution in [0.25, 0.3) is 22.4 Å². The summed E-state index contributed by atoms with van der Waals surface area (Å²) in [5, 5.41) is 4.73. The van der Waals surface area contributed by atoms with Crippen LogP contribution in [0.5, 0.6) is 5.75 Å². The Hall–Kier alpha value is -2.43. The maximum Gasteiger partial charge on any atom is 0.206 e. The van der Waals surface area contributed by atoms with Crippen LogP contribution >= 0.6 is 0 Å². The van der Waals surface area contributed by atoms with Gasteiger partial charge in [-0.05, 0) is 18.2 Å². The third-order valence-electron chi connectivity index (χ3n) is 3.10. The van der Waals surface area contributed by atoms with Crippen LogP contribution in [0.1, 0.15) is 0 Å². The lowest BCUT2D eigenvalue weighted by atomic mass is 10.2. The molecule has 0 spiro atoms. The minimum atomic E-state index is 0.528. The standard InChI is InChI=1S/C13H13N3O2/c1-16-10-4-3-5-12(17-2)8(10)6-11(16)13-9(14)7-15-18-13/h3-7H,14H2,1-2H3. The number of fused-ring (bicyclic) bond motifs is 1. The van der Waals surface area contributed by atoms with Crippen LogP contribution in [0.15, 0.2) is 35.0 Å². The Balaban J connectivity index is 2.32. The van der Waals surface area contributed by atoms with Gasteiger partial charge in [0.25, 0.3) is 0 Å². The number of benzene rings is 1. The Bertz CT molecular complexity index is 712. The SMILES string of the molecule is COc1cccc2c1cc(-c1oncc1N)n2C. The molecule has 0 aliphatic rings. The highest BCUT2D eigenvalue weighted by Crippen LogP contribution is 2.34. The molecule has 0 bridgehead atoms. The van der Waals surface area contributed by atoms with Crippen LogP contribution in [0, 0.1) is 0 Å². The van der Waals surface area contributed by atoms with Crippen molar-refractivity contribution in [3.05, 3.63) is 30.5 Å². The number of ether oxygens (including phenoxy) is 1. The van der Waals surface area contributed by atoms with Gasteiger partial charge in [0.05, 0.1) is 24.5 Å². The molecule has 0 aliphatic heterocycles. The van der Waals surface area contributed by atoms with E-state index in [1.807, 2.05) is 35.9 Å². The molecule has 0 radical (unpaired) electrons. The summed E-state index contributed by atoms with van der Waals surface area (Å²) in [7, 11) is 3.61.